The number of hydrogen-bond donors (Lipinski definition) is 0. The van der Waals surface area contributed by atoms with Gasteiger partial charge in [-0.15, -0.1) is 0 Å². The second-order valence-electron chi connectivity index (χ2n) is 9.31. The number of carbonyl (C=O) groups is 1. The fraction of sp³-hybridized carbons (Fsp3) is 0.556. The first-order valence-corrected chi connectivity index (χ1v) is 12.3. The van der Waals surface area contributed by atoms with Crippen molar-refractivity contribution < 1.29 is 9.53 Å². The van der Waals surface area contributed by atoms with Crippen molar-refractivity contribution in [2.75, 3.05) is 20.2 Å². The highest BCUT2D eigenvalue weighted by Crippen LogP contribution is 2.28. The lowest BCUT2D eigenvalue weighted by Gasteiger charge is -2.35. The van der Waals surface area contributed by atoms with Gasteiger partial charge in [-0.25, -0.2) is 0 Å². The lowest BCUT2D eigenvalue weighted by Crippen LogP contribution is -2.49. The van der Waals surface area contributed by atoms with Crippen LogP contribution in [0.1, 0.15) is 62.6 Å². The molecule has 1 saturated heterocycles. The van der Waals surface area contributed by atoms with Gasteiger partial charge in [-0.2, -0.15) is 0 Å². The summed E-state index contributed by atoms with van der Waals surface area (Å²) < 4.78 is 5.91. The van der Waals surface area contributed by atoms with Crippen LogP contribution in [-0.2, 0) is 17.8 Å². The molecule has 1 saturated carbocycles. The molecule has 0 radical (unpaired) electrons. The van der Waals surface area contributed by atoms with Crippen LogP contribution in [0.3, 0.4) is 0 Å². The first kappa shape index (κ1) is 22.8. The molecular weight excluding hydrogens is 398 g/mol. The SMILES string of the molecule is CN1CCCCCC1C(=O)N(Cc1ccc(OCCc2ccccn2)cc1)C1CCCC1. The van der Waals surface area contributed by atoms with Crippen LogP contribution in [0.15, 0.2) is 48.7 Å². The Morgan fingerprint density at radius 1 is 1.03 bits per heavy atom. The van der Waals surface area contributed by atoms with Crippen molar-refractivity contribution in [3.05, 3.63) is 59.9 Å². The number of nitrogens with zero attached hydrogens (tertiary/aromatic N) is 3. The minimum Gasteiger partial charge on any atom is -0.493 e. The van der Waals surface area contributed by atoms with E-state index in [1.807, 2.05) is 36.5 Å². The van der Waals surface area contributed by atoms with E-state index in [2.05, 4.69) is 34.0 Å². The van der Waals surface area contributed by atoms with Crippen molar-refractivity contribution >= 4 is 5.91 Å². The van der Waals surface area contributed by atoms with Gasteiger partial charge in [0.05, 0.1) is 12.6 Å². The summed E-state index contributed by atoms with van der Waals surface area (Å²) in [4.78, 5) is 22.5. The zero-order valence-corrected chi connectivity index (χ0v) is 19.4. The monoisotopic (exact) mass is 435 g/mol. The summed E-state index contributed by atoms with van der Waals surface area (Å²) in [5.74, 6) is 1.20. The standard InChI is InChI=1S/C27H37N3O2/c1-29-19-8-2-3-12-26(29)27(31)30(24-10-4-5-11-24)21-22-13-15-25(16-14-22)32-20-17-23-9-6-7-18-28-23/h6-7,9,13-16,18,24,26H,2-5,8,10-12,17,19-21H2,1H3. The van der Waals surface area contributed by atoms with Crippen molar-refractivity contribution in [1.82, 2.24) is 14.8 Å². The average Bonchev–Trinajstić information content (AvgIpc) is 3.27. The number of benzene rings is 1. The molecule has 5 heteroatoms. The smallest absolute Gasteiger partial charge is 0.240 e. The van der Waals surface area contributed by atoms with Gasteiger partial charge < -0.3 is 9.64 Å². The van der Waals surface area contributed by atoms with Crippen LogP contribution in [-0.4, -0.2) is 53.0 Å². The first-order chi connectivity index (χ1) is 15.7. The molecule has 1 amide bonds. The van der Waals surface area contributed by atoms with Crippen LogP contribution in [0.4, 0.5) is 0 Å². The Balaban J connectivity index is 1.37. The zero-order chi connectivity index (χ0) is 22.2. The lowest BCUT2D eigenvalue weighted by atomic mass is 10.1. The number of ether oxygens (including phenoxy) is 1. The maximum Gasteiger partial charge on any atom is 0.240 e. The van der Waals surface area contributed by atoms with Crippen LogP contribution in [0.2, 0.25) is 0 Å². The lowest BCUT2D eigenvalue weighted by molar-refractivity contribution is -0.139. The topological polar surface area (TPSA) is 45.7 Å². The Bertz CT molecular complexity index is 834. The summed E-state index contributed by atoms with van der Waals surface area (Å²) in [5.41, 5.74) is 2.22. The second kappa shape index (κ2) is 11.5. The van der Waals surface area contributed by atoms with Gasteiger partial charge in [-0.3, -0.25) is 14.7 Å². The van der Waals surface area contributed by atoms with Gasteiger partial charge in [-0.1, -0.05) is 43.9 Å². The number of pyridine rings is 1. The van der Waals surface area contributed by atoms with Crippen LogP contribution in [0.5, 0.6) is 5.75 Å². The Morgan fingerprint density at radius 3 is 2.56 bits per heavy atom. The molecule has 0 bridgehead atoms. The molecule has 1 aliphatic heterocycles. The van der Waals surface area contributed by atoms with Crippen LogP contribution < -0.4 is 4.74 Å². The normalized spacial score (nSPS) is 20.1. The largest absolute Gasteiger partial charge is 0.493 e. The summed E-state index contributed by atoms with van der Waals surface area (Å²) >= 11 is 0. The Kier molecular flexibility index (Phi) is 8.16. The highest BCUT2D eigenvalue weighted by Gasteiger charge is 2.33. The Hall–Kier alpha value is -2.40. The van der Waals surface area contributed by atoms with Gasteiger partial charge in [-0.05, 0) is 69.1 Å². The summed E-state index contributed by atoms with van der Waals surface area (Å²) in [6, 6.07) is 14.7. The summed E-state index contributed by atoms with van der Waals surface area (Å²) in [6.07, 6.45) is 11.9. The Labute approximate surface area is 192 Å². The molecule has 172 valence electrons. The molecule has 1 aromatic heterocycles. The predicted octanol–water partition coefficient (Wildman–Crippen LogP) is 4.85. The molecule has 1 unspecified atom stereocenters. The van der Waals surface area contributed by atoms with Crippen molar-refractivity contribution in [3.63, 3.8) is 0 Å². The van der Waals surface area contributed by atoms with E-state index in [0.717, 1.165) is 50.1 Å². The van der Waals surface area contributed by atoms with Gasteiger partial charge in [0, 0.05) is 30.9 Å². The van der Waals surface area contributed by atoms with Crippen molar-refractivity contribution in [1.29, 1.82) is 0 Å². The zero-order valence-electron chi connectivity index (χ0n) is 19.4. The van der Waals surface area contributed by atoms with Crippen LogP contribution >= 0.6 is 0 Å². The molecule has 0 N–H and O–H groups in total. The van der Waals surface area contributed by atoms with Gasteiger partial charge in [0.15, 0.2) is 0 Å². The average molecular weight is 436 g/mol. The molecule has 2 aromatic rings. The fourth-order valence-electron chi connectivity index (χ4n) is 5.07. The number of amides is 1. The van der Waals surface area contributed by atoms with E-state index in [1.165, 1.54) is 31.2 Å². The molecule has 1 aliphatic carbocycles. The van der Waals surface area contributed by atoms with E-state index in [1.54, 1.807) is 0 Å². The third-order valence-corrected chi connectivity index (χ3v) is 6.98. The molecule has 2 aliphatic rings. The summed E-state index contributed by atoms with van der Waals surface area (Å²) in [5, 5.41) is 0. The van der Waals surface area contributed by atoms with E-state index in [9.17, 15) is 4.79 Å². The molecule has 1 atom stereocenters. The molecule has 32 heavy (non-hydrogen) atoms. The van der Waals surface area contributed by atoms with Crippen molar-refractivity contribution in [2.24, 2.45) is 0 Å². The molecule has 0 spiro atoms. The molecule has 4 rings (SSSR count). The molecule has 2 fully saturated rings. The van der Waals surface area contributed by atoms with Crippen molar-refractivity contribution in [3.8, 4) is 5.75 Å². The molecule has 1 aromatic carbocycles. The quantitative estimate of drug-likeness (QED) is 0.595. The van der Waals surface area contributed by atoms with E-state index in [4.69, 9.17) is 4.74 Å². The number of aromatic nitrogens is 1. The second-order valence-corrected chi connectivity index (χ2v) is 9.31. The van der Waals surface area contributed by atoms with E-state index in [-0.39, 0.29) is 6.04 Å². The highest BCUT2D eigenvalue weighted by atomic mass is 16.5. The van der Waals surface area contributed by atoms with Gasteiger partial charge in [0.2, 0.25) is 5.91 Å². The maximum atomic E-state index is 13.6. The van der Waals surface area contributed by atoms with Crippen LogP contribution in [0, 0.1) is 0 Å². The number of likely N-dealkylation sites (tertiary alicyclic amines) is 1. The van der Waals surface area contributed by atoms with Gasteiger partial charge in [0.1, 0.15) is 5.75 Å². The number of hydrogen-bond acceptors (Lipinski definition) is 4. The number of carbonyl (C=O) groups excluding carboxylic acids is 1. The third kappa shape index (κ3) is 6.10. The van der Waals surface area contributed by atoms with E-state index < -0.39 is 0 Å². The first-order valence-electron chi connectivity index (χ1n) is 12.3. The summed E-state index contributed by atoms with van der Waals surface area (Å²) in [6.45, 7) is 2.33. The van der Waals surface area contributed by atoms with Crippen LogP contribution in [0.25, 0.3) is 0 Å². The highest BCUT2D eigenvalue weighted by molar-refractivity contribution is 5.82. The minimum atomic E-state index is 0.0345. The number of likely N-dealkylation sites (N-methyl/N-ethyl adjacent to an activating group) is 1. The molecular formula is C27H37N3O2. The van der Waals surface area contributed by atoms with E-state index in [0.29, 0.717) is 25.1 Å². The fourth-order valence-corrected chi connectivity index (χ4v) is 5.07. The van der Waals surface area contributed by atoms with Gasteiger partial charge >= 0.3 is 0 Å². The number of rotatable bonds is 8. The minimum absolute atomic E-state index is 0.0345. The molecule has 5 nitrogen and oxygen atoms in total. The predicted molar refractivity (Wildman–Crippen MR) is 128 cm³/mol. The molecule has 2 heterocycles. The van der Waals surface area contributed by atoms with E-state index >= 15 is 0 Å². The van der Waals surface area contributed by atoms with Crippen molar-refractivity contribution in [2.45, 2.75) is 76.4 Å². The third-order valence-electron chi connectivity index (χ3n) is 6.98. The summed E-state index contributed by atoms with van der Waals surface area (Å²) in [7, 11) is 2.12. The Morgan fingerprint density at radius 2 is 1.81 bits per heavy atom. The van der Waals surface area contributed by atoms with Gasteiger partial charge in [0.25, 0.3) is 0 Å². The maximum absolute atomic E-state index is 13.6.